The Labute approximate surface area is 119 Å². The first kappa shape index (κ1) is 14.7. The Kier molecular flexibility index (Phi) is 4.84. The van der Waals surface area contributed by atoms with Gasteiger partial charge in [-0.2, -0.15) is 0 Å². The van der Waals surface area contributed by atoms with Crippen LogP contribution in [0.2, 0.25) is 0 Å². The third-order valence-electron chi connectivity index (χ3n) is 3.83. The van der Waals surface area contributed by atoms with Crippen molar-refractivity contribution >= 4 is 5.91 Å². The molecule has 0 bridgehead atoms. The van der Waals surface area contributed by atoms with Crippen LogP contribution in [0, 0.1) is 0 Å². The molecule has 1 aromatic carbocycles. The highest BCUT2D eigenvalue weighted by Crippen LogP contribution is 2.30. The number of nitrogens with one attached hydrogen (secondary N) is 1. The number of hydrogen-bond donors (Lipinski definition) is 3. The molecule has 1 aliphatic rings. The van der Waals surface area contributed by atoms with Gasteiger partial charge in [-0.25, -0.2) is 0 Å². The molecule has 0 radical (unpaired) electrons. The van der Waals surface area contributed by atoms with E-state index in [2.05, 4.69) is 5.32 Å². The van der Waals surface area contributed by atoms with E-state index in [-0.39, 0.29) is 5.75 Å². The van der Waals surface area contributed by atoms with Crippen molar-refractivity contribution in [3.63, 3.8) is 0 Å². The van der Waals surface area contributed by atoms with Crippen LogP contribution < -0.4 is 15.8 Å². The van der Waals surface area contributed by atoms with E-state index in [1.807, 2.05) is 0 Å². The zero-order valence-electron chi connectivity index (χ0n) is 11.8. The molecule has 5 nitrogen and oxygen atoms in total. The van der Waals surface area contributed by atoms with E-state index in [1.165, 1.54) is 32.4 Å². The SMILES string of the molecule is COc1cc(C(NC2CCCCC2)C(N)=O)ccc1O. The standard InChI is InChI=1S/C15H22N2O3/c1-20-13-9-10(7-8-12(13)18)14(15(16)19)17-11-5-3-2-4-6-11/h7-9,11,14,17-18H,2-6H2,1H3,(H2,16,19). The molecule has 0 aliphatic heterocycles. The average molecular weight is 278 g/mol. The van der Waals surface area contributed by atoms with Crippen molar-refractivity contribution in [2.75, 3.05) is 7.11 Å². The summed E-state index contributed by atoms with van der Waals surface area (Å²) in [4.78, 5) is 11.7. The summed E-state index contributed by atoms with van der Waals surface area (Å²) in [6.07, 6.45) is 5.76. The molecule has 0 saturated heterocycles. The summed E-state index contributed by atoms with van der Waals surface area (Å²) in [6, 6.07) is 4.64. The lowest BCUT2D eigenvalue weighted by molar-refractivity contribution is -0.120. The summed E-state index contributed by atoms with van der Waals surface area (Å²) in [5.74, 6) is -0.0142. The largest absolute Gasteiger partial charge is 0.504 e. The van der Waals surface area contributed by atoms with Crippen LogP contribution in [0.4, 0.5) is 0 Å². The summed E-state index contributed by atoms with van der Waals surface area (Å²) in [5.41, 5.74) is 6.23. The van der Waals surface area contributed by atoms with Gasteiger partial charge < -0.3 is 15.6 Å². The fourth-order valence-electron chi connectivity index (χ4n) is 2.72. The van der Waals surface area contributed by atoms with Crippen molar-refractivity contribution in [2.24, 2.45) is 5.73 Å². The van der Waals surface area contributed by atoms with Crippen LogP contribution in [-0.2, 0) is 4.79 Å². The minimum atomic E-state index is -0.549. The summed E-state index contributed by atoms with van der Waals surface area (Å²) in [5, 5.41) is 12.9. The Balaban J connectivity index is 2.17. The zero-order chi connectivity index (χ0) is 14.5. The van der Waals surface area contributed by atoms with Crippen LogP contribution >= 0.6 is 0 Å². The number of carbonyl (C=O) groups excluding carboxylic acids is 1. The molecule has 4 N–H and O–H groups in total. The van der Waals surface area contributed by atoms with E-state index < -0.39 is 11.9 Å². The van der Waals surface area contributed by atoms with Gasteiger partial charge in [-0.05, 0) is 30.5 Å². The van der Waals surface area contributed by atoms with E-state index in [9.17, 15) is 9.90 Å². The maximum atomic E-state index is 11.7. The highest BCUT2D eigenvalue weighted by atomic mass is 16.5. The van der Waals surface area contributed by atoms with Crippen LogP contribution in [-0.4, -0.2) is 24.2 Å². The fourth-order valence-corrected chi connectivity index (χ4v) is 2.72. The maximum Gasteiger partial charge on any atom is 0.239 e. The maximum absolute atomic E-state index is 11.7. The molecule has 2 rings (SSSR count). The number of carbonyl (C=O) groups is 1. The lowest BCUT2D eigenvalue weighted by Crippen LogP contribution is -2.40. The van der Waals surface area contributed by atoms with Gasteiger partial charge in [0.05, 0.1) is 7.11 Å². The lowest BCUT2D eigenvalue weighted by Gasteiger charge is -2.27. The number of primary amides is 1. The number of benzene rings is 1. The van der Waals surface area contributed by atoms with Crippen molar-refractivity contribution in [3.05, 3.63) is 23.8 Å². The van der Waals surface area contributed by atoms with E-state index in [0.717, 1.165) is 18.4 Å². The van der Waals surface area contributed by atoms with Crippen molar-refractivity contribution in [3.8, 4) is 11.5 Å². The minimum absolute atomic E-state index is 0.0529. The normalized spacial score (nSPS) is 17.6. The minimum Gasteiger partial charge on any atom is -0.504 e. The third-order valence-corrected chi connectivity index (χ3v) is 3.83. The van der Waals surface area contributed by atoms with Crippen LogP contribution in [0.5, 0.6) is 11.5 Å². The Hall–Kier alpha value is -1.75. The van der Waals surface area contributed by atoms with Crippen molar-refractivity contribution in [1.82, 2.24) is 5.32 Å². The summed E-state index contributed by atoms with van der Waals surface area (Å²) in [6.45, 7) is 0. The van der Waals surface area contributed by atoms with E-state index >= 15 is 0 Å². The Morgan fingerprint density at radius 3 is 2.70 bits per heavy atom. The monoisotopic (exact) mass is 278 g/mol. The van der Waals surface area contributed by atoms with Gasteiger partial charge in [-0.15, -0.1) is 0 Å². The van der Waals surface area contributed by atoms with Gasteiger partial charge in [0.2, 0.25) is 5.91 Å². The number of methoxy groups -OCH3 is 1. The van der Waals surface area contributed by atoms with Gasteiger partial charge in [-0.1, -0.05) is 25.3 Å². The molecular weight excluding hydrogens is 256 g/mol. The number of nitrogens with two attached hydrogens (primary N) is 1. The molecule has 1 aliphatic carbocycles. The number of amides is 1. The smallest absolute Gasteiger partial charge is 0.239 e. The van der Waals surface area contributed by atoms with Gasteiger partial charge in [0, 0.05) is 6.04 Å². The predicted molar refractivity (Wildman–Crippen MR) is 76.6 cm³/mol. The molecule has 20 heavy (non-hydrogen) atoms. The lowest BCUT2D eigenvalue weighted by atomic mass is 9.93. The molecule has 110 valence electrons. The van der Waals surface area contributed by atoms with Gasteiger partial charge >= 0.3 is 0 Å². The Morgan fingerprint density at radius 2 is 2.10 bits per heavy atom. The second-order valence-corrected chi connectivity index (χ2v) is 5.27. The second-order valence-electron chi connectivity index (χ2n) is 5.27. The predicted octanol–water partition coefficient (Wildman–Crippen LogP) is 1.85. The van der Waals surface area contributed by atoms with Crippen molar-refractivity contribution < 1.29 is 14.6 Å². The molecule has 0 spiro atoms. The number of rotatable bonds is 5. The first-order valence-corrected chi connectivity index (χ1v) is 7.04. The number of phenolic OH excluding ortho intramolecular Hbond substituents is 1. The topological polar surface area (TPSA) is 84.6 Å². The Morgan fingerprint density at radius 1 is 1.40 bits per heavy atom. The summed E-state index contributed by atoms with van der Waals surface area (Å²) in [7, 11) is 1.48. The van der Waals surface area contributed by atoms with Gasteiger partial charge in [-0.3, -0.25) is 10.1 Å². The molecule has 1 fully saturated rings. The average Bonchev–Trinajstić information content (AvgIpc) is 2.46. The van der Waals surface area contributed by atoms with E-state index in [0.29, 0.717) is 11.8 Å². The first-order chi connectivity index (χ1) is 9.61. The highest BCUT2D eigenvalue weighted by molar-refractivity contribution is 5.81. The van der Waals surface area contributed by atoms with Crippen LogP contribution in [0.15, 0.2) is 18.2 Å². The quantitative estimate of drug-likeness (QED) is 0.767. The highest BCUT2D eigenvalue weighted by Gasteiger charge is 2.23. The molecular formula is C15H22N2O3. The molecule has 1 aromatic rings. The van der Waals surface area contributed by atoms with Crippen molar-refractivity contribution in [2.45, 2.75) is 44.2 Å². The molecule has 1 saturated carbocycles. The van der Waals surface area contributed by atoms with Gasteiger partial charge in [0.15, 0.2) is 11.5 Å². The molecule has 0 aromatic heterocycles. The summed E-state index contributed by atoms with van der Waals surface area (Å²) >= 11 is 0. The number of ether oxygens (including phenoxy) is 1. The molecule has 1 atom stereocenters. The van der Waals surface area contributed by atoms with Crippen molar-refractivity contribution in [1.29, 1.82) is 0 Å². The second kappa shape index (κ2) is 6.61. The zero-order valence-corrected chi connectivity index (χ0v) is 11.8. The van der Waals surface area contributed by atoms with Crippen LogP contribution in [0.3, 0.4) is 0 Å². The van der Waals surface area contributed by atoms with Gasteiger partial charge in [0.25, 0.3) is 0 Å². The third kappa shape index (κ3) is 3.42. The molecule has 1 unspecified atom stereocenters. The fraction of sp³-hybridized carbons (Fsp3) is 0.533. The van der Waals surface area contributed by atoms with Crippen LogP contribution in [0.25, 0.3) is 0 Å². The number of aromatic hydroxyl groups is 1. The van der Waals surface area contributed by atoms with E-state index in [1.54, 1.807) is 12.1 Å². The first-order valence-electron chi connectivity index (χ1n) is 7.04. The molecule has 0 heterocycles. The molecule has 1 amide bonds. The van der Waals surface area contributed by atoms with Crippen LogP contribution in [0.1, 0.15) is 43.7 Å². The number of phenols is 1. The van der Waals surface area contributed by atoms with Gasteiger partial charge in [0.1, 0.15) is 6.04 Å². The summed E-state index contributed by atoms with van der Waals surface area (Å²) < 4.78 is 5.08. The Bertz CT molecular complexity index is 470. The van der Waals surface area contributed by atoms with E-state index in [4.69, 9.17) is 10.5 Å². The number of hydrogen-bond acceptors (Lipinski definition) is 4. The molecule has 5 heteroatoms.